The Labute approximate surface area is 163 Å². The van der Waals surface area contributed by atoms with Crippen LogP contribution in [0.1, 0.15) is 35.5 Å². The molecule has 1 aromatic carbocycles. The summed E-state index contributed by atoms with van der Waals surface area (Å²) in [6, 6.07) is 9.65. The number of aromatic nitrogens is 1. The number of hydrogen-bond donors (Lipinski definition) is 2. The Hall–Kier alpha value is -2.19. The molecule has 2 aliphatic heterocycles. The molecule has 2 bridgehead atoms. The molecule has 0 saturated carbocycles. The first-order chi connectivity index (χ1) is 13.6. The van der Waals surface area contributed by atoms with Gasteiger partial charge in [0, 0.05) is 5.92 Å². The number of fused-ring (bicyclic) bond motifs is 2. The van der Waals surface area contributed by atoms with Gasteiger partial charge in [-0.25, -0.2) is 0 Å². The summed E-state index contributed by atoms with van der Waals surface area (Å²) in [5.74, 6) is 0.865. The Kier molecular flexibility index (Phi) is 4.10. The fourth-order valence-corrected chi connectivity index (χ4v) is 5.15. The van der Waals surface area contributed by atoms with Crippen molar-refractivity contribution in [1.29, 1.82) is 0 Å². The van der Waals surface area contributed by atoms with E-state index in [9.17, 15) is 10.2 Å². The number of rotatable bonds is 5. The van der Waals surface area contributed by atoms with Gasteiger partial charge in [0.25, 0.3) is 5.88 Å². The first-order valence-corrected chi connectivity index (χ1v) is 9.56. The van der Waals surface area contributed by atoms with E-state index >= 15 is 0 Å². The molecule has 28 heavy (non-hydrogen) atoms. The minimum atomic E-state index is -1.01. The third kappa shape index (κ3) is 2.34. The zero-order valence-corrected chi connectivity index (χ0v) is 15.9. The van der Waals surface area contributed by atoms with Crippen molar-refractivity contribution >= 4 is 0 Å². The standard InChI is InChI=1S/C21H24N2O5/c1-23(2)17-15-9-14-8-13(10-24)21(15,27-14)19(25)16-18(17)28-22-20(16)26-11-12-6-4-3-5-7-12/h3-8,14-15,17,19,24-25H,9-11H2,1-2H3/t14-,15+,17+,19-,21-/m1/s1. The first-order valence-electron chi connectivity index (χ1n) is 9.56. The van der Waals surface area contributed by atoms with E-state index in [0.29, 0.717) is 17.9 Å². The highest BCUT2D eigenvalue weighted by molar-refractivity contribution is 5.47. The van der Waals surface area contributed by atoms with E-state index in [0.717, 1.165) is 17.6 Å². The van der Waals surface area contributed by atoms with Crippen molar-refractivity contribution in [3.05, 3.63) is 58.9 Å². The third-order valence-electron chi connectivity index (χ3n) is 6.27. The second kappa shape index (κ2) is 6.42. The van der Waals surface area contributed by atoms with Gasteiger partial charge in [-0.2, -0.15) is 0 Å². The molecule has 5 rings (SSSR count). The van der Waals surface area contributed by atoms with Gasteiger partial charge in [-0.1, -0.05) is 36.4 Å². The molecule has 3 aliphatic rings. The fourth-order valence-electron chi connectivity index (χ4n) is 5.15. The second-order valence-electron chi connectivity index (χ2n) is 7.99. The largest absolute Gasteiger partial charge is 0.470 e. The number of benzene rings is 1. The van der Waals surface area contributed by atoms with Crippen LogP contribution in [-0.2, 0) is 11.3 Å². The maximum atomic E-state index is 11.4. The maximum Gasteiger partial charge on any atom is 0.260 e. The summed E-state index contributed by atoms with van der Waals surface area (Å²) in [4.78, 5) is 2.06. The van der Waals surface area contributed by atoms with E-state index in [1.807, 2.05) is 50.5 Å². The van der Waals surface area contributed by atoms with E-state index in [2.05, 4.69) is 10.1 Å². The van der Waals surface area contributed by atoms with E-state index in [1.54, 1.807) is 0 Å². The minimum absolute atomic E-state index is 0.0305. The molecule has 1 saturated heterocycles. The summed E-state index contributed by atoms with van der Waals surface area (Å²) in [5, 5.41) is 25.5. The lowest BCUT2D eigenvalue weighted by Gasteiger charge is -2.46. The van der Waals surface area contributed by atoms with Gasteiger partial charge < -0.3 is 24.2 Å². The Morgan fingerprint density at radius 1 is 1.29 bits per heavy atom. The molecule has 1 aromatic heterocycles. The third-order valence-corrected chi connectivity index (χ3v) is 6.27. The normalized spacial score (nSPS) is 33.0. The highest BCUT2D eigenvalue weighted by Crippen LogP contribution is 2.63. The predicted molar refractivity (Wildman–Crippen MR) is 99.5 cm³/mol. The summed E-state index contributed by atoms with van der Waals surface area (Å²) in [6.45, 7) is 0.173. The Balaban J connectivity index is 1.56. The Morgan fingerprint density at radius 2 is 2.07 bits per heavy atom. The topological polar surface area (TPSA) is 88.2 Å². The number of aliphatic hydroxyl groups is 2. The molecule has 1 fully saturated rings. The summed E-state index contributed by atoms with van der Waals surface area (Å²) < 4.78 is 17.9. The lowest BCUT2D eigenvalue weighted by Crippen LogP contribution is -2.52. The molecule has 1 spiro atoms. The molecule has 5 atom stereocenters. The van der Waals surface area contributed by atoms with Crippen LogP contribution in [0.25, 0.3) is 0 Å². The molecule has 0 unspecified atom stereocenters. The average Bonchev–Trinajstić information content (AvgIpc) is 3.38. The van der Waals surface area contributed by atoms with Gasteiger partial charge in [0.2, 0.25) is 0 Å². The fraction of sp³-hybridized carbons (Fsp3) is 0.476. The van der Waals surface area contributed by atoms with Crippen molar-refractivity contribution in [3.63, 3.8) is 0 Å². The summed E-state index contributed by atoms with van der Waals surface area (Å²) >= 11 is 0. The van der Waals surface area contributed by atoms with Gasteiger partial charge in [0.05, 0.1) is 24.3 Å². The molecule has 0 radical (unpaired) electrons. The lowest BCUT2D eigenvalue weighted by atomic mass is 9.64. The zero-order valence-electron chi connectivity index (χ0n) is 15.9. The second-order valence-corrected chi connectivity index (χ2v) is 7.99. The lowest BCUT2D eigenvalue weighted by molar-refractivity contribution is -0.116. The van der Waals surface area contributed by atoms with Crippen LogP contribution in [0, 0.1) is 5.92 Å². The maximum absolute atomic E-state index is 11.4. The minimum Gasteiger partial charge on any atom is -0.470 e. The van der Waals surface area contributed by atoms with Crippen molar-refractivity contribution < 1.29 is 24.2 Å². The van der Waals surface area contributed by atoms with Gasteiger partial charge in [-0.3, -0.25) is 4.90 Å². The van der Waals surface area contributed by atoms with Crippen molar-refractivity contribution in [2.75, 3.05) is 20.7 Å². The zero-order chi connectivity index (χ0) is 19.5. The smallest absolute Gasteiger partial charge is 0.260 e. The van der Waals surface area contributed by atoms with Gasteiger partial charge >= 0.3 is 0 Å². The Morgan fingerprint density at radius 3 is 2.79 bits per heavy atom. The molecule has 2 N–H and O–H groups in total. The van der Waals surface area contributed by atoms with Crippen LogP contribution in [0.3, 0.4) is 0 Å². The molecule has 0 amide bonds. The predicted octanol–water partition coefficient (Wildman–Crippen LogP) is 1.98. The molecule has 7 nitrogen and oxygen atoms in total. The SMILES string of the molecule is CN(C)[C@@H]1c2onc(OCc3ccccc3)c2[C@@H](O)[C@@]23O[C@H](C=C2CO)C[C@@H]13. The van der Waals surface area contributed by atoms with Crippen LogP contribution < -0.4 is 4.74 Å². The summed E-state index contributed by atoms with van der Waals surface area (Å²) in [5.41, 5.74) is 1.29. The van der Waals surface area contributed by atoms with Crippen molar-refractivity contribution in [2.24, 2.45) is 5.92 Å². The number of nitrogens with zero attached hydrogens (tertiary/aromatic N) is 2. The van der Waals surface area contributed by atoms with Crippen LogP contribution in [0.2, 0.25) is 0 Å². The highest BCUT2D eigenvalue weighted by Gasteiger charge is 2.66. The van der Waals surface area contributed by atoms with E-state index < -0.39 is 11.7 Å². The van der Waals surface area contributed by atoms with Gasteiger partial charge in [0.15, 0.2) is 5.76 Å². The van der Waals surface area contributed by atoms with E-state index in [4.69, 9.17) is 14.0 Å². The summed E-state index contributed by atoms with van der Waals surface area (Å²) in [6.07, 6.45) is 1.60. The average molecular weight is 384 g/mol. The van der Waals surface area contributed by atoms with Crippen molar-refractivity contribution in [2.45, 2.75) is 36.9 Å². The quantitative estimate of drug-likeness (QED) is 0.762. The van der Waals surface area contributed by atoms with Crippen LogP contribution in [0.15, 0.2) is 46.5 Å². The molecular formula is C21H24N2O5. The van der Waals surface area contributed by atoms with Crippen LogP contribution in [0.4, 0.5) is 0 Å². The van der Waals surface area contributed by atoms with E-state index in [-0.39, 0.29) is 30.6 Å². The van der Waals surface area contributed by atoms with Crippen LogP contribution >= 0.6 is 0 Å². The number of ether oxygens (including phenoxy) is 2. The molecule has 148 valence electrons. The molecule has 1 aliphatic carbocycles. The van der Waals surface area contributed by atoms with Crippen molar-refractivity contribution in [1.82, 2.24) is 10.1 Å². The summed E-state index contributed by atoms with van der Waals surface area (Å²) in [7, 11) is 3.95. The Bertz CT molecular complexity index is 909. The number of aliphatic hydroxyl groups excluding tert-OH is 2. The molecule has 3 heterocycles. The number of hydrogen-bond acceptors (Lipinski definition) is 7. The van der Waals surface area contributed by atoms with Gasteiger partial charge in [0.1, 0.15) is 18.3 Å². The monoisotopic (exact) mass is 384 g/mol. The first kappa shape index (κ1) is 17.9. The van der Waals surface area contributed by atoms with Crippen LogP contribution in [0.5, 0.6) is 5.88 Å². The highest BCUT2D eigenvalue weighted by atomic mass is 16.6. The molecule has 2 aromatic rings. The van der Waals surface area contributed by atoms with Gasteiger partial charge in [-0.15, -0.1) is 0 Å². The molecular weight excluding hydrogens is 360 g/mol. The van der Waals surface area contributed by atoms with Crippen LogP contribution in [-0.4, -0.2) is 52.7 Å². The van der Waals surface area contributed by atoms with Gasteiger partial charge in [-0.05, 0) is 36.8 Å². The van der Waals surface area contributed by atoms with E-state index in [1.165, 1.54) is 0 Å². The molecule has 7 heteroatoms. The van der Waals surface area contributed by atoms with Crippen molar-refractivity contribution in [3.8, 4) is 5.88 Å².